The lowest BCUT2D eigenvalue weighted by Crippen LogP contribution is -2.34. The van der Waals surface area contributed by atoms with E-state index in [1.54, 1.807) is 30.1 Å². The molecule has 0 aliphatic rings. The summed E-state index contributed by atoms with van der Waals surface area (Å²) in [4.78, 5) is 14.1. The SMILES string of the molecule is CCOc1cc(N)cc(C(=O)N(C)CC(C)(C)C)c1. The van der Waals surface area contributed by atoms with Crippen molar-refractivity contribution in [3.8, 4) is 5.75 Å². The molecule has 0 aliphatic heterocycles. The third-order valence-electron chi connectivity index (χ3n) is 2.55. The van der Waals surface area contributed by atoms with Crippen LogP contribution in [0.15, 0.2) is 18.2 Å². The van der Waals surface area contributed by atoms with Crippen LogP contribution in [0.5, 0.6) is 5.75 Å². The lowest BCUT2D eigenvalue weighted by molar-refractivity contribution is 0.0745. The molecule has 1 rings (SSSR count). The highest BCUT2D eigenvalue weighted by atomic mass is 16.5. The van der Waals surface area contributed by atoms with E-state index < -0.39 is 0 Å². The Balaban J connectivity index is 2.92. The molecule has 2 N–H and O–H groups in total. The number of carbonyl (C=O) groups is 1. The summed E-state index contributed by atoms with van der Waals surface area (Å²) in [5.74, 6) is 0.596. The number of nitrogens with two attached hydrogens (primary N) is 1. The smallest absolute Gasteiger partial charge is 0.253 e. The molecule has 0 saturated heterocycles. The highest BCUT2D eigenvalue weighted by molar-refractivity contribution is 5.95. The first-order chi connectivity index (χ1) is 8.73. The van der Waals surface area contributed by atoms with Crippen LogP contribution in [0.1, 0.15) is 38.1 Å². The van der Waals surface area contributed by atoms with E-state index in [9.17, 15) is 4.79 Å². The average molecular weight is 264 g/mol. The molecule has 1 aromatic carbocycles. The van der Waals surface area contributed by atoms with Crippen molar-refractivity contribution in [2.75, 3.05) is 25.9 Å². The standard InChI is InChI=1S/C15H24N2O2/c1-6-19-13-8-11(7-12(16)9-13)14(18)17(5)10-15(2,3)4/h7-9H,6,10,16H2,1-5H3. The number of carbonyl (C=O) groups excluding carboxylic acids is 1. The number of anilines is 1. The van der Waals surface area contributed by atoms with E-state index in [4.69, 9.17) is 10.5 Å². The van der Waals surface area contributed by atoms with Gasteiger partial charge in [-0.05, 0) is 24.5 Å². The maximum atomic E-state index is 12.3. The normalized spacial score (nSPS) is 11.2. The van der Waals surface area contributed by atoms with Crippen LogP contribution in [-0.2, 0) is 0 Å². The number of ether oxygens (including phenoxy) is 1. The van der Waals surface area contributed by atoms with Crippen molar-refractivity contribution in [1.29, 1.82) is 0 Å². The Labute approximate surface area is 115 Å². The van der Waals surface area contributed by atoms with Crippen molar-refractivity contribution in [2.24, 2.45) is 5.41 Å². The summed E-state index contributed by atoms with van der Waals surface area (Å²) < 4.78 is 5.41. The first-order valence-corrected chi connectivity index (χ1v) is 6.52. The molecule has 0 heterocycles. The number of hydrogen-bond donors (Lipinski definition) is 1. The Morgan fingerprint density at radius 2 is 1.95 bits per heavy atom. The summed E-state index contributed by atoms with van der Waals surface area (Å²) in [6, 6.07) is 5.15. The van der Waals surface area contributed by atoms with Crippen LogP contribution >= 0.6 is 0 Å². The topological polar surface area (TPSA) is 55.6 Å². The molecule has 1 aromatic rings. The molecule has 0 fully saturated rings. The summed E-state index contributed by atoms with van der Waals surface area (Å²) in [5.41, 5.74) is 6.97. The van der Waals surface area contributed by atoms with Crippen molar-refractivity contribution in [2.45, 2.75) is 27.7 Å². The second-order valence-electron chi connectivity index (χ2n) is 5.95. The summed E-state index contributed by atoms with van der Waals surface area (Å²) in [6.07, 6.45) is 0. The van der Waals surface area contributed by atoms with Gasteiger partial charge in [0.15, 0.2) is 0 Å². The molecule has 19 heavy (non-hydrogen) atoms. The Kier molecular flexibility index (Phi) is 4.81. The minimum atomic E-state index is -0.0387. The number of amides is 1. The molecule has 0 bridgehead atoms. The number of benzene rings is 1. The van der Waals surface area contributed by atoms with Gasteiger partial charge in [0.2, 0.25) is 0 Å². The van der Waals surface area contributed by atoms with Crippen molar-refractivity contribution in [1.82, 2.24) is 4.90 Å². The Hall–Kier alpha value is -1.71. The van der Waals surface area contributed by atoms with Gasteiger partial charge < -0.3 is 15.4 Å². The van der Waals surface area contributed by atoms with E-state index in [-0.39, 0.29) is 11.3 Å². The Morgan fingerprint density at radius 3 is 2.47 bits per heavy atom. The fourth-order valence-electron chi connectivity index (χ4n) is 2.00. The molecular weight excluding hydrogens is 240 g/mol. The zero-order valence-corrected chi connectivity index (χ0v) is 12.5. The molecule has 4 nitrogen and oxygen atoms in total. The minimum absolute atomic E-state index is 0.0387. The molecular formula is C15H24N2O2. The molecule has 0 spiro atoms. The van der Waals surface area contributed by atoms with Gasteiger partial charge in [0.05, 0.1) is 6.61 Å². The van der Waals surface area contributed by atoms with Crippen LogP contribution in [-0.4, -0.2) is 31.0 Å². The molecule has 4 heteroatoms. The van der Waals surface area contributed by atoms with Crippen LogP contribution in [0.2, 0.25) is 0 Å². The van der Waals surface area contributed by atoms with Gasteiger partial charge in [-0.25, -0.2) is 0 Å². The zero-order chi connectivity index (χ0) is 14.6. The fraction of sp³-hybridized carbons (Fsp3) is 0.533. The van der Waals surface area contributed by atoms with E-state index in [0.29, 0.717) is 30.2 Å². The first kappa shape index (κ1) is 15.3. The van der Waals surface area contributed by atoms with Gasteiger partial charge in [-0.15, -0.1) is 0 Å². The first-order valence-electron chi connectivity index (χ1n) is 6.52. The molecule has 0 atom stereocenters. The molecule has 0 radical (unpaired) electrons. The van der Waals surface area contributed by atoms with E-state index >= 15 is 0 Å². The monoisotopic (exact) mass is 264 g/mol. The number of hydrogen-bond acceptors (Lipinski definition) is 3. The summed E-state index contributed by atoms with van der Waals surface area (Å²) >= 11 is 0. The van der Waals surface area contributed by atoms with Gasteiger partial charge in [-0.3, -0.25) is 4.79 Å². The molecule has 0 aromatic heterocycles. The molecule has 1 amide bonds. The molecule has 106 valence electrons. The van der Waals surface area contributed by atoms with E-state index in [0.717, 1.165) is 0 Å². The van der Waals surface area contributed by atoms with Gasteiger partial charge in [0.25, 0.3) is 5.91 Å². The second kappa shape index (κ2) is 5.95. The van der Waals surface area contributed by atoms with Gasteiger partial charge >= 0.3 is 0 Å². The van der Waals surface area contributed by atoms with E-state index in [1.807, 2.05) is 6.92 Å². The van der Waals surface area contributed by atoms with Crippen molar-refractivity contribution in [3.05, 3.63) is 23.8 Å². The fourth-order valence-corrected chi connectivity index (χ4v) is 2.00. The van der Waals surface area contributed by atoms with Crippen LogP contribution in [0.25, 0.3) is 0 Å². The van der Waals surface area contributed by atoms with Crippen LogP contribution in [0.3, 0.4) is 0 Å². The maximum absolute atomic E-state index is 12.3. The second-order valence-corrected chi connectivity index (χ2v) is 5.95. The molecule has 0 saturated carbocycles. The van der Waals surface area contributed by atoms with Crippen LogP contribution in [0, 0.1) is 5.41 Å². The third-order valence-corrected chi connectivity index (χ3v) is 2.55. The highest BCUT2D eigenvalue weighted by Crippen LogP contribution is 2.21. The Bertz CT molecular complexity index is 450. The lowest BCUT2D eigenvalue weighted by atomic mass is 9.96. The van der Waals surface area contributed by atoms with Crippen molar-refractivity contribution in [3.63, 3.8) is 0 Å². The highest BCUT2D eigenvalue weighted by Gasteiger charge is 2.19. The van der Waals surface area contributed by atoms with Gasteiger partial charge in [0, 0.05) is 30.9 Å². The number of nitrogen functional groups attached to an aromatic ring is 1. The summed E-state index contributed by atoms with van der Waals surface area (Å²) in [5, 5.41) is 0. The minimum Gasteiger partial charge on any atom is -0.494 e. The van der Waals surface area contributed by atoms with E-state index in [1.165, 1.54) is 0 Å². The van der Waals surface area contributed by atoms with E-state index in [2.05, 4.69) is 20.8 Å². The van der Waals surface area contributed by atoms with Crippen LogP contribution in [0.4, 0.5) is 5.69 Å². The summed E-state index contributed by atoms with van der Waals surface area (Å²) in [7, 11) is 1.80. The zero-order valence-electron chi connectivity index (χ0n) is 12.5. The molecule has 0 unspecified atom stereocenters. The van der Waals surface area contributed by atoms with Crippen LogP contribution < -0.4 is 10.5 Å². The predicted octanol–water partition coefficient (Wildman–Crippen LogP) is 2.79. The van der Waals surface area contributed by atoms with Crippen molar-refractivity contribution < 1.29 is 9.53 Å². The van der Waals surface area contributed by atoms with Crippen molar-refractivity contribution >= 4 is 11.6 Å². The quantitative estimate of drug-likeness (QED) is 0.851. The Morgan fingerprint density at radius 1 is 1.32 bits per heavy atom. The predicted molar refractivity (Wildman–Crippen MR) is 78.4 cm³/mol. The van der Waals surface area contributed by atoms with Gasteiger partial charge in [-0.2, -0.15) is 0 Å². The maximum Gasteiger partial charge on any atom is 0.253 e. The number of nitrogens with zero attached hydrogens (tertiary/aromatic N) is 1. The third kappa shape index (κ3) is 4.81. The largest absolute Gasteiger partial charge is 0.494 e. The average Bonchev–Trinajstić information content (AvgIpc) is 2.25. The lowest BCUT2D eigenvalue weighted by Gasteiger charge is -2.26. The molecule has 0 aliphatic carbocycles. The van der Waals surface area contributed by atoms with Gasteiger partial charge in [-0.1, -0.05) is 20.8 Å². The summed E-state index contributed by atoms with van der Waals surface area (Å²) in [6.45, 7) is 9.43. The number of rotatable bonds is 4. The van der Waals surface area contributed by atoms with Gasteiger partial charge in [0.1, 0.15) is 5.75 Å².